The van der Waals surface area contributed by atoms with Crippen molar-refractivity contribution >= 4 is 39.9 Å². The number of rotatable bonds is 6. The monoisotopic (exact) mass is 462 g/mol. The summed E-state index contributed by atoms with van der Waals surface area (Å²) in [7, 11) is 0. The zero-order valence-electron chi connectivity index (χ0n) is 17.4. The Balaban J connectivity index is 1.42. The van der Waals surface area contributed by atoms with Crippen molar-refractivity contribution in [1.29, 1.82) is 0 Å². The first kappa shape index (κ1) is 20.9. The number of carbonyl (C=O) groups excluding carboxylic acids is 1. The van der Waals surface area contributed by atoms with Crippen molar-refractivity contribution in [2.45, 2.75) is 30.6 Å². The Bertz CT molecular complexity index is 1290. The predicted octanol–water partition coefficient (Wildman–Crippen LogP) is 4.36. The molecule has 0 radical (unpaired) electrons. The Hall–Kier alpha value is -2.97. The minimum absolute atomic E-state index is 0.0845. The van der Waals surface area contributed by atoms with E-state index in [9.17, 15) is 9.59 Å². The van der Waals surface area contributed by atoms with Gasteiger partial charge in [-0.3, -0.25) is 19.1 Å². The summed E-state index contributed by atoms with van der Waals surface area (Å²) in [4.78, 5) is 38.5. The largest absolute Gasteiger partial charge is 0.334 e. The molecule has 1 atom stereocenters. The summed E-state index contributed by atoms with van der Waals surface area (Å²) in [5.74, 6) is 0.334. The fraction of sp³-hybridized carbons (Fsp3) is 0.250. The first-order chi connectivity index (χ1) is 15.7. The summed E-state index contributed by atoms with van der Waals surface area (Å²) in [6, 6.07) is 15.4. The van der Waals surface area contributed by atoms with Crippen LogP contribution in [-0.4, -0.2) is 37.6 Å². The van der Waals surface area contributed by atoms with Crippen LogP contribution in [0.15, 0.2) is 76.3 Å². The maximum absolute atomic E-state index is 13.3. The summed E-state index contributed by atoms with van der Waals surface area (Å²) in [6.07, 6.45) is 5.46. The van der Waals surface area contributed by atoms with Gasteiger partial charge in [0.2, 0.25) is 5.91 Å². The molecule has 0 saturated carbocycles. The van der Waals surface area contributed by atoms with Crippen LogP contribution in [0.2, 0.25) is 0 Å². The molecule has 0 N–H and O–H groups in total. The van der Waals surface area contributed by atoms with Crippen LogP contribution in [-0.2, 0) is 11.3 Å². The van der Waals surface area contributed by atoms with E-state index in [4.69, 9.17) is 4.98 Å². The van der Waals surface area contributed by atoms with Gasteiger partial charge in [0.15, 0.2) is 5.16 Å². The molecule has 1 fully saturated rings. The van der Waals surface area contributed by atoms with Gasteiger partial charge < -0.3 is 4.90 Å². The number of thiophene rings is 1. The SMILES string of the molecule is O=C(CSc1nc2ccccc2c(=O)n1Cc1cccnc1)N1CCCC1c1cccs1. The highest BCUT2D eigenvalue weighted by molar-refractivity contribution is 7.99. The second-order valence-corrected chi connectivity index (χ2v) is 9.64. The molecule has 1 saturated heterocycles. The van der Waals surface area contributed by atoms with Gasteiger partial charge in [-0.1, -0.05) is 36.0 Å². The number of aromatic nitrogens is 3. The molecule has 1 aliphatic heterocycles. The third-order valence-electron chi connectivity index (χ3n) is 5.66. The predicted molar refractivity (Wildman–Crippen MR) is 128 cm³/mol. The maximum Gasteiger partial charge on any atom is 0.262 e. The van der Waals surface area contributed by atoms with E-state index in [0.717, 1.165) is 24.9 Å². The summed E-state index contributed by atoms with van der Waals surface area (Å²) < 4.78 is 1.65. The smallest absolute Gasteiger partial charge is 0.262 e. The molecule has 8 heteroatoms. The van der Waals surface area contributed by atoms with E-state index in [1.54, 1.807) is 34.4 Å². The van der Waals surface area contributed by atoms with Gasteiger partial charge in [-0.05, 0) is 48.1 Å². The fourth-order valence-corrected chi connectivity index (χ4v) is 5.88. The van der Waals surface area contributed by atoms with Crippen molar-refractivity contribution in [3.8, 4) is 0 Å². The molecule has 5 rings (SSSR count). The summed E-state index contributed by atoms with van der Waals surface area (Å²) in [5.41, 5.74) is 1.46. The Kier molecular flexibility index (Phi) is 6.05. The lowest BCUT2D eigenvalue weighted by atomic mass is 10.2. The van der Waals surface area contributed by atoms with E-state index in [2.05, 4.69) is 16.4 Å². The molecule has 1 unspecified atom stereocenters. The zero-order valence-corrected chi connectivity index (χ0v) is 19.0. The zero-order chi connectivity index (χ0) is 21.9. The molecule has 0 spiro atoms. The molecule has 4 aromatic rings. The number of hydrogen-bond donors (Lipinski definition) is 0. The topological polar surface area (TPSA) is 68.1 Å². The van der Waals surface area contributed by atoms with Crippen molar-refractivity contribution in [2.75, 3.05) is 12.3 Å². The lowest BCUT2D eigenvalue weighted by molar-refractivity contribution is -0.129. The lowest BCUT2D eigenvalue weighted by Gasteiger charge is -2.24. The molecule has 1 aromatic carbocycles. The van der Waals surface area contributed by atoms with Gasteiger partial charge in [0.25, 0.3) is 5.56 Å². The Morgan fingerprint density at radius 3 is 2.88 bits per heavy atom. The van der Waals surface area contributed by atoms with E-state index >= 15 is 0 Å². The highest BCUT2D eigenvalue weighted by atomic mass is 32.2. The Morgan fingerprint density at radius 1 is 1.16 bits per heavy atom. The molecule has 162 valence electrons. The summed E-state index contributed by atoms with van der Waals surface area (Å²) in [6.45, 7) is 1.14. The van der Waals surface area contributed by atoms with Crippen LogP contribution in [0.25, 0.3) is 10.9 Å². The lowest BCUT2D eigenvalue weighted by Crippen LogP contribution is -2.32. The molecule has 0 aliphatic carbocycles. The second kappa shape index (κ2) is 9.26. The molecule has 0 bridgehead atoms. The summed E-state index contributed by atoms with van der Waals surface area (Å²) >= 11 is 3.03. The molecule has 3 aromatic heterocycles. The molecule has 4 heterocycles. The third-order valence-corrected chi connectivity index (χ3v) is 7.59. The van der Waals surface area contributed by atoms with Crippen molar-refractivity contribution in [1.82, 2.24) is 19.4 Å². The average Bonchev–Trinajstić information content (AvgIpc) is 3.52. The Morgan fingerprint density at radius 2 is 2.06 bits per heavy atom. The number of fused-ring (bicyclic) bond motifs is 1. The van der Waals surface area contributed by atoms with Crippen LogP contribution in [0.3, 0.4) is 0 Å². The number of thioether (sulfide) groups is 1. The molecule has 1 aliphatic rings. The first-order valence-electron chi connectivity index (χ1n) is 10.5. The number of likely N-dealkylation sites (tertiary alicyclic amines) is 1. The number of amides is 1. The van der Waals surface area contributed by atoms with E-state index in [1.165, 1.54) is 16.6 Å². The van der Waals surface area contributed by atoms with E-state index < -0.39 is 0 Å². The van der Waals surface area contributed by atoms with Crippen molar-refractivity contribution in [3.05, 3.63) is 87.1 Å². The van der Waals surface area contributed by atoms with Gasteiger partial charge in [0.05, 0.1) is 29.2 Å². The number of nitrogens with zero attached hydrogens (tertiary/aromatic N) is 4. The standard InChI is InChI=1S/C24H22N4O2S2/c29-22(27-12-4-9-20(27)21-10-5-13-31-21)16-32-24-26-19-8-2-1-7-18(19)23(30)28(24)15-17-6-3-11-25-14-17/h1-3,5-8,10-11,13-14,20H,4,9,12,15-16H2. The molecule has 6 nitrogen and oxygen atoms in total. The van der Waals surface area contributed by atoms with Crippen LogP contribution in [0.4, 0.5) is 0 Å². The van der Waals surface area contributed by atoms with Gasteiger partial charge in [-0.15, -0.1) is 11.3 Å². The van der Waals surface area contributed by atoms with Gasteiger partial charge in [0, 0.05) is 23.8 Å². The molecule has 32 heavy (non-hydrogen) atoms. The summed E-state index contributed by atoms with van der Waals surface area (Å²) in [5, 5.41) is 3.18. The van der Waals surface area contributed by atoms with Gasteiger partial charge >= 0.3 is 0 Å². The normalized spacial score (nSPS) is 16.0. The third kappa shape index (κ3) is 4.20. The average molecular weight is 463 g/mol. The fourth-order valence-electron chi connectivity index (χ4n) is 4.12. The number of benzene rings is 1. The maximum atomic E-state index is 13.3. The number of carbonyl (C=O) groups is 1. The van der Waals surface area contributed by atoms with Crippen molar-refractivity contribution in [3.63, 3.8) is 0 Å². The van der Waals surface area contributed by atoms with Gasteiger partial charge in [0.1, 0.15) is 0 Å². The van der Waals surface area contributed by atoms with E-state index in [-0.39, 0.29) is 23.3 Å². The van der Waals surface area contributed by atoms with Crippen LogP contribution in [0, 0.1) is 0 Å². The van der Waals surface area contributed by atoms with Crippen molar-refractivity contribution < 1.29 is 4.79 Å². The first-order valence-corrected chi connectivity index (χ1v) is 12.4. The van der Waals surface area contributed by atoms with Crippen LogP contribution in [0.1, 0.15) is 29.3 Å². The van der Waals surface area contributed by atoms with Gasteiger partial charge in [-0.25, -0.2) is 4.98 Å². The second-order valence-electron chi connectivity index (χ2n) is 7.71. The molecular weight excluding hydrogens is 440 g/mol. The Labute approximate surface area is 193 Å². The van der Waals surface area contributed by atoms with Crippen LogP contribution >= 0.6 is 23.1 Å². The number of hydrogen-bond acceptors (Lipinski definition) is 6. The van der Waals surface area contributed by atoms with Crippen molar-refractivity contribution in [2.24, 2.45) is 0 Å². The van der Waals surface area contributed by atoms with Gasteiger partial charge in [-0.2, -0.15) is 0 Å². The highest BCUT2D eigenvalue weighted by Gasteiger charge is 2.30. The van der Waals surface area contributed by atoms with Crippen LogP contribution < -0.4 is 5.56 Å². The quantitative estimate of drug-likeness (QED) is 0.315. The van der Waals surface area contributed by atoms with E-state index in [0.29, 0.717) is 22.6 Å². The minimum atomic E-state index is -0.105. The molecular formula is C24H22N4O2S2. The molecule has 1 amide bonds. The van der Waals surface area contributed by atoms with Crippen LogP contribution in [0.5, 0.6) is 0 Å². The number of para-hydroxylation sites is 1. The minimum Gasteiger partial charge on any atom is -0.334 e. The van der Waals surface area contributed by atoms with E-state index in [1.807, 2.05) is 41.3 Å². The number of pyridine rings is 1. The highest BCUT2D eigenvalue weighted by Crippen LogP contribution is 2.35.